The number of nitrogens with two attached hydrogens (primary N) is 1. The second-order valence-electron chi connectivity index (χ2n) is 4.34. The lowest BCUT2D eigenvalue weighted by molar-refractivity contribution is 0.423. The molecule has 0 amide bonds. The van der Waals surface area contributed by atoms with E-state index in [0.29, 0.717) is 23.4 Å². The fourth-order valence-corrected chi connectivity index (χ4v) is 5.82. The Morgan fingerprint density at radius 1 is 1.38 bits per heavy atom. The Bertz CT molecular complexity index is 701. The second kappa shape index (κ2) is 6.97. The zero-order valence-corrected chi connectivity index (χ0v) is 14.7. The molecule has 2 rings (SSSR count). The molecular weight excluding hydrogens is 374 g/mol. The van der Waals surface area contributed by atoms with Crippen molar-refractivity contribution in [2.24, 2.45) is 5.73 Å². The largest absolute Gasteiger partial charge is 0.326 e. The van der Waals surface area contributed by atoms with Crippen LogP contribution in [0.3, 0.4) is 0 Å². The Hall–Kier alpha value is -0.800. The molecule has 0 aliphatic heterocycles. The molecule has 2 aromatic heterocycles. The first-order valence-corrected chi connectivity index (χ1v) is 9.41. The molecule has 0 unspecified atom stereocenters. The molecule has 8 heteroatoms. The highest BCUT2D eigenvalue weighted by Gasteiger charge is 2.27. The van der Waals surface area contributed by atoms with Crippen LogP contribution in [0.2, 0.25) is 0 Å². The normalized spacial score (nSPS) is 12.0. The van der Waals surface area contributed by atoms with Crippen molar-refractivity contribution in [1.82, 2.24) is 9.29 Å². The molecule has 2 N–H and O–H groups in total. The number of hydrogen-bond donors (Lipinski definition) is 1. The SMILES string of the molecule is CCN(Cc1ccncc1)S(=O)(=O)c1cc(CN)sc1Br. The third-order valence-corrected chi connectivity index (χ3v) is 7.18. The number of aromatic nitrogens is 1. The van der Waals surface area contributed by atoms with E-state index in [9.17, 15) is 8.42 Å². The van der Waals surface area contributed by atoms with E-state index >= 15 is 0 Å². The maximum absolute atomic E-state index is 12.8. The van der Waals surface area contributed by atoms with Crippen LogP contribution in [0.5, 0.6) is 0 Å². The summed E-state index contributed by atoms with van der Waals surface area (Å²) >= 11 is 4.68. The molecule has 0 aliphatic carbocycles. The van der Waals surface area contributed by atoms with Gasteiger partial charge < -0.3 is 5.73 Å². The average Bonchev–Trinajstić information content (AvgIpc) is 2.87. The van der Waals surface area contributed by atoms with E-state index in [1.807, 2.05) is 19.1 Å². The molecule has 0 atom stereocenters. The zero-order chi connectivity index (χ0) is 15.5. The molecular formula is C13H16BrN3O2S2. The average molecular weight is 390 g/mol. The molecule has 0 aliphatic rings. The molecule has 2 heterocycles. The molecule has 0 bridgehead atoms. The third-order valence-electron chi connectivity index (χ3n) is 2.99. The van der Waals surface area contributed by atoms with Gasteiger partial charge >= 0.3 is 0 Å². The number of hydrogen-bond acceptors (Lipinski definition) is 5. The number of rotatable bonds is 6. The molecule has 2 aromatic rings. The summed E-state index contributed by atoms with van der Waals surface area (Å²) in [6, 6.07) is 5.26. The van der Waals surface area contributed by atoms with Gasteiger partial charge in [0.2, 0.25) is 10.0 Å². The molecule has 5 nitrogen and oxygen atoms in total. The van der Waals surface area contributed by atoms with E-state index in [-0.39, 0.29) is 4.90 Å². The molecule has 21 heavy (non-hydrogen) atoms. The van der Waals surface area contributed by atoms with E-state index < -0.39 is 10.0 Å². The summed E-state index contributed by atoms with van der Waals surface area (Å²) in [6.07, 6.45) is 3.31. The van der Waals surface area contributed by atoms with Crippen molar-refractivity contribution < 1.29 is 8.42 Å². The Morgan fingerprint density at radius 2 is 2.05 bits per heavy atom. The Labute approximate surface area is 137 Å². The maximum atomic E-state index is 12.8. The van der Waals surface area contributed by atoms with Gasteiger partial charge in [0.1, 0.15) is 4.90 Å². The number of thiophene rings is 1. The van der Waals surface area contributed by atoms with Gasteiger partial charge in [-0.05, 0) is 39.7 Å². The van der Waals surface area contributed by atoms with Crippen LogP contribution in [0.4, 0.5) is 0 Å². The van der Waals surface area contributed by atoms with Crippen molar-refractivity contribution in [2.45, 2.75) is 24.9 Å². The van der Waals surface area contributed by atoms with Gasteiger partial charge in [0, 0.05) is 36.9 Å². The first-order chi connectivity index (χ1) is 9.98. The van der Waals surface area contributed by atoms with Gasteiger partial charge in [0.05, 0.1) is 3.79 Å². The summed E-state index contributed by atoms with van der Waals surface area (Å²) in [5, 5.41) is 0. The van der Waals surface area contributed by atoms with Gasteiger partial charge in [-0.1, -0.05) is 6.92 Å². The van der Waals surface area contributed by atoms with E-state index in [0.717, 1.165) is 10.4 Å². The quantitative estimate of drug-likeness (QED) is 0.823. The summed E-state index contributed by atoms with van der Waals surface area (Å²) in [6.45, 7) is 2.87. The lowest BCUT2D eigenvalue weighted by Crippen LogP contribution is -2.30. The molecule has 0 saturated carbocycles. The highest BCUT2D eigenvalue weighted by atomic mass is 79.9. The fraction of sp³-hybridized carbons (Fsp3) is 0.308. The van der Waals surface area contributed by atoms with Crippen LogP contribution in [0, 0.1) is 0 Å². The van der Waals surface area contributed by atoms with Gasteiger partial charge in [-0.2, -0.15) is 4.31 Å². The highest BCUT2D eigenvalue weighted by Crippen LogP contribution is 2.33. The van der Waals surface area contributed by atoms with Gasteiger partial charge in [-0.15, -0.1) is 11.3 Å². The molecule has 0 saturated heterocycles. The van der Waals surface area contributed by atoms with Gasteiger partial charge in [0.25, 0.3) is 0 Å². The van der Waals surface area contributed by atoms with Crippen LogP contribution in [0.15, 0.2) is 39.3 Å². The zero-order valence-electron chi connectivity index (χ0n) is 11.5. The van der Waals surface area contributed by atoms with Crippen LogP contribution in [-0.4, -0.2) is 24.3 Å². The first kappa shape index (κ1) is 16.6. The standard InChI is InChI=1S/C13H16BrN3O2S2/c1-2-17(9-10-3-5-16-6-4-10)21(18,19)12-7-11(8-15)20-13(12)14/h3-7H,2,8-9,15H2,1H3. The van der Waals surface area contributed by atoms with Gasteiger partial charge in [-0.25, -0.2) is 8.42 Å². The van der Waals surface area contributed by atoms with Gasteiger partial charge in [-0.3, -0.25) is 4.98 Å². The third kappa shape index (κ3) is 3.70. The minimum absolute atomic E-state index is 0.281. The Kier molecular flexibility index (Phi) is 5.50. The predicted octanol–water partition coefficient (Wildman–Crippen LogP) is 2.58. The number of nitrogens with zero attached hydrogens (tertiary/aromatic N) is 2. The summed E-state index contributed by atoms with van der Waals surface area (Å²) < 4.78 is 27.6. The minimum atomic E-state index is -3.55. The highest BCUT2D eigenvalue weighted by molar-refractivity contribution is 9.11. The number of halogens is 1. The van der Waals surface area contributed by atoms with Crippen LogP contribution in [0.25, 0.3) is 0 Å². The molecule has 0 radical (unpaired) electrons. The fourth-order valence-electron chi connectivity index (χ4n) is 1.87. The first-order valence-electron chi connectivity index (χ1n) is 6.36. The smallest absolute Gasteiger partial charge is 0.245 e. The van der Waals surface area contributed by atoms with E-state index in [1.165, 1.54) is 15.6 Å². The lowest BCUT2D eigenvalue weighted by atomic mass is 10.3. The summed E-state index contributed by atoms with van der Waals surface area (Å²) in [7, 11) is -3.55. The summed E-state index contributed by atoms with van der Waals surface area (Å²) in [4.78, 5) is 5.05. The Balaban J connectivity index is 2.33. The van der Waals surface area contributed by atoms with Crippen LogP contribution >= 0.6 is 27.3 Å². The predicted molar refractivity (Wildman–Crippen MR) is 87.4 cm³/mol. The molecule has 0 spiro atoms. The van der Waals surface area contributed by atoms with Crippen LogP contribution < -0.4 is 5.73 Å². The maximum Gasteiger partial charge on any atom is 0.245 e. The number of sulfonamides is 1. The topological polar surface area (TPSA) is 76.3 Å². The van der Waals surface area contributed by atoms with Crippen LogP contribution in [0.1, 0.15) is 17.4 Å². The Morgan fingerprint density at radius 3 is 2.57 bits per heavy atom. The molecule has 0 fully saturated rings. The van der Waals surface area contributed by atoms with Crippen molar-refractivity contribution in [3.8, 4) is 0 Å². The van der Waals surface area contributed by atoms with Crippen molar-refractivity contribution >= 4 is 37.3 Å². The van der Waals surface area contributed by atoms with E-state index in [2.05, 4.69) is 20.9 Å². The van der Waals surface area contributed by atoms with E-state index in [4.69, 9.17) is 5.73 Å². The van der Waals surface area contributed by atoms with Crippen molar-refractivity contribution in [3.05, 3.63) is 44.8 Å². The summed E-state index contributed by atoms with van der Waals surface area (Å²) in [5.41, 5.74) is 6.49. The summed E-state index contributed by atoms with van der Waals surface area (Å²) in [5.74, 6) is 0. The van der Waals surface area contributed by atoms with Gasteiger partial charge in [0.15, 0.2) is 0 Å². The van der Waals surface area contributed by atoms with Crippen molar-refractivity contribution in [3.63, 3.8) is 0 Å². The van der Waals surface area contributed by atoms with Crippen molar-refractivity contribution in [2.75, 3.05) is 6.54 Å². The molecule has 0 aromatic carbocycles. The van der Waals surface area contributed by atoms with Crippen molar-refractivity contribution in [1.29, 1.82) is 0 Å². The van der Waals surface area contributed by atoms with Crippen LogP contribution in [-0.2, 0) is 23.1 Å². The molecule has 114 valence electrons. The number of pyridine rings is 1. The minimum Gasteiger partial charge on any atom is -0.326 e. The second-order valence-corrected chi connectivity index (χ2v) is 8.70. The monoisotopic (exact) mass is 389 g/mol. The lowest BCUT2D eigenvalue weighted by Gasteiger charge is -2.20. The van der Waals surface area contributed by atoms with E-state index in [1.54, 1.807) is 18.5 Å².